The van der Waals surface area contributed by atoms with Crippen LogP contribution in [0.15, 0.2) is 18.2 Å². The van der Waals surface area contributed by atoms with Crippen molar-refractivity contribution in [3.63, 3.8) is 0 Å². The molecular formula is C15H24N4O. The van der Waals surface area contributed by atoms with Gasteiger partial charge in [-0.05, 0) is 38.6 Å². The van der Waals surface area contributed by atoms with Crippen LogP contribution in [0.1, 0.15) is 22.8 Å². The van der Waals surface area contributed by atoms with Crippen LogP contribution in [0.25, 0.3) is 0 Å². The van der Waals surface area contributed by atoms with Crippen molar-refractivity contribution in [2.24, 2.45) is 0 Å². The molecule has 0 aromatic heterocycles. The van der Waals surface area contributed by atoms with Gasteiger partial charge in [-0.3, -0.25) is 10.2 Å². The van der Waals surface area contributed by atoms with Crippen molar-refractivity contribution >= 4 is 11.6 Å². The average Bonchev–Trinajstić information content (AvgIpc) is 2.42. The highest BCUT2D eigenvalue weighted by Gasteiger charge is 2.18. The third-order valence-corrected chi connectivity index (χ3v) is 3.55. The molecule has 1 aliphatic rings. The molecule has 5 heteroatoms. The molecule has 0 spiro atoms. The number of nitrogens with zero attached hydrogens (tertiary/aromatic N) is 2. The van der Waals surface area contributed by atoms with E-state index in [2.05, 4.69) is 22.7 Å². The van der Waals surface area contributed by atoms with Gasteiger partial charge in [0.1, 0.15) is 0 Å². The number of nitrogens with one attached hydrogen (secondary N) is 2. The summed E-state index contributed by atoms with van der Waals surface area (Å²) in [4.78, 5) is 14.7. The van der Waals surface area contributed by atoms with Crippen molar-refractivity contribution in [1.29, 1.82) is 0 Å². The summed E-state index contributed by atoms with van der Waals surface area (Å²) in [6, 6.07) is 5.88. The molecule has 2 N–H and O–H groups in total. The topological polar surface area (TPSA) is 47.6 Å². The molecule has 1 aromatic carbocycles. The van der Waals surface area contributed by atoms with E-state index in [1.807, 2.05) is 37.1 Å². The molecular weight excluding hydrogens is 252 g/mol. The third-order valence-electron chi connectivity index (χ3n) is 3.55. The first-order valence-corrected chi connectivity index (χ1v) is 7.19. The van der Waals surface area contributed by atoms with E-state index < -0.39 is 0 Å². The monoisotopic (exact) mass is 276 g/mol. The number of hydrogen-bond acceptors (Lipinski definition) is 4. The van der Waals surface area contributed by atoms with Crippen LogP contribution < -0.4 is 10.7 Å². The van der Waals surface area contributed by atoms with Gasteiger partial charge in [-0.15, -0.1) is 0 Å². The molecule has 0 bridgehead atoms. The standard InChI is InChI=1S/C15H24N4O/c1-4-16-14-11-12(2)5-6-13(14)15(20)17-19-9-7-18(3)8-10-19/h5-6,11,16H,4,7-10H2,1-3H3,(H,17,20). The molecule has 20 heavy (non-hydrogen) atoms. The minimum atomic E-state index is -0.0366. The molecule has 1 fully saturated rings. The molecule has 5 nitrogen and oxygen atoms in total. The molecule has 1 heterocycles. The van der Waals surface area contributed by atoms with E-state index in [-0.39, 0.29) is 5.91 Å². The molecule has 1 saturated heterocycles. The molecule has 1 aliphatic heterocycles. The number of hydrogen-bond donors (Lipinski definition) is 2. The highest BCUT2D eigenvalue weighted by molar-refractivity contribution is 5.99. The van der Waals surface area contributed by atoms with Gasteiger partial charge in [0.25, 0.3) is 5.91 Å². The Hall–Kier alpha value is -1.59. The van der Waals surface area contributed by atoms with Crippen molar-refractivity contribution < 1.29 is 4.79 Å². The van der Waals surface area contributed by atoms with E-state index in [1.54, 1.807) is 0 Å². The first-order valence-electron chi connectivity index (χ1n) is 7.19. The van der Waals surface area contributed by atoms with Gasteiger partial charge in [0.15, 0.2) is 0 Å². The number of rotatable bonds is 4. The van der Waals surface area contributed by atoms with Crippen LogP contribution in [0.5, 0.6) is 0 Å². The Labute approximate surface area is 120 Å². The molecule has 0 saturated carbocycles. The second-order valence-electron chi connectivity index (χ2n) is 5.31. The zero-order chi connectivity index (χ0) is 14.5. The van der Waals surface area contributed by atoms with Crippen LogP contribution in [0.3, 0.4) is 0 Å². The number of aryl methyl sites for hydroxylation is 1. The summed E-state index contributed by atoms with van der Waals surface area (Å²) in [5.74, 6) is -0.0366. The number of anilines is 1. The fraction of sp³-hybridized carbons (Fsp3) is 0.533. The highest BCUT2D eigenvalue weighted by Crippen LogP contribution is 2.17. The number of benzene rings is 1. The lowest BCUT2D eigenvalue weighted by Crippen LogP contribution is -2.52. The average molecular weight is 276 g/mol. The molecule has 0 atom stereocenters. The van der Waals surface area contributed by atoms with E-state index in [0.717, 1.165) is 44.0 Å². The Kier molecular flexibility index (Phi) is 4.98. The number of carbonyl (C=O) groups excluding carboxylic acids is 1. The van der Waals surface area contributed by atoms with Crippen LogP contribution in [0.4, 0.5) is 5.69 Å². The summed E-state index contributed by atoms with van der Waals surface area (Å²) >= 11 is 0. The zero-order valence-corrected chi connectivity index (χ0v) is 12.6. The van der Waals surface area contributed by atoms with Crippen LogP contribution >= 0.6 is 0 Å². The zero-order valence-electron chi connectivity index (χ0n) is 12.6. The summed E-state index contributed by atoms with van der Waals surface area (Å²) < 4.78 is 0. The number of carbonyl (C=O) groups is 1. The Bertz CT molecular complexity index is 467. The van der Waals surface area contributed by atoms with E-state index in [1.165, 1.54) is 0 Å². The smallest absolute Gasteiger partial charge is 0.267 e. The lowest BCUT2D eigenvalue weighted by Gasteiger charge is -2.32. The summed E-state index contributed by atoms with van der Waals surface area (Å²) in [6.07, 6.45) is 0. The van der Waals surface area contributed by atoms with E-state index in [4.69, 9.17) is 0 Å². The largest absolute Gasteiger partial charge is 0.385 e. The Morgan fingerprint density at radius 3 is 2.60 bits per heavy atom. The van der Waals surface area contributed by atoms with E-state index in [0.29, 0.717) is 5.56 Å². The van der Waals surface area contributed by atoms with Crippen LogP contribution in [0, 0.1) is 6.92 Å². The maximum atomic E-state index is 12.4. The summed E-state index contributed by atoms with van der Waals surface area (Å²) in [5.41, 5.74) is 5.76. The molecule has 1 amide bonds. The Balaban J connectivity index is 2.05. The lowest BCUT2D eigenvalue weighted by molar-refractivity contribution is 0.0663. The highest BCUT2D eigenvalue weighted by atomic mass is 16.2. The maximum absolute atomic E-state index is 12.4. The van der Waals surface area contributed by atoms with Crippen LogP contribution in [-0.4, -0.2) is 55.6 Å². The Morgan fingerprint density at radius 2 is 1.95 bits per heavy atom. The molecule has 0 radical (unpaired) electrons. The Morgan fingerprint density at radius 1 is 1.25 bits per heavy atom. The maximum Gasteiger partial charge on any atom is 0.267 e. The van der Waals surface area contributed by atoms with Gasteiger partial charge < -0.3 is 10.2 Å². The molecule has 0 aliphatic carbocycles. The van der Waals surface area contributed by atoms with Gasteiger partial charge in [0.05, 0.1) is 5.56 Å². The van der Waals surface area contributed by atoms with Gasteiger partial charge >= 0.3 is 0 Å². The van der Waals surface area contributed by atoms with Crippen molar-refractivity contribution in [2.45, 2.75) is 13.8 Å². The predicted octanol–water partition coefficient (Wildman–Crippen LogP) is 1.32. The minimum absolute atomic E-state index is 0.0366. The van der Waals surface area contributed by atoms with Crippen molar-refractivity contribution in [3.05, 3.63) is 29.3 Å². The van der Waals surface area contributed by atoms with E-state index in [9.17, 15) is 4.79 Å². The van der Waals surface area contributed by atoms with Crippen LogP contribution in [-0.2, 0) is 0 Å². The minimum Gasteiger partial charge on any atom is -0.385 e. The number of likely N-dealkylation sites (N-methyl/N-ethyl adjacent to an activating group) is 1. The van der Waals surface area contributed by atoms with Crippen molar-refractivity contribution in [2.75, 3.05) is 45.1 Å². The number of piperazine rings is 1. The second kappa shape index (κ2) is 6.72. The third kappa shape index (κ3) is 3.71. The summed E-state index contributed by atoms with van der Waals surface area (Å²) in [5, 5.41) is 5.25. The van der Waals surface area contributed by atoms with Crippen LogP contribution in [0.2, 0.25) is 0 Å². The normalized spacial score (nSPS) is 16.9. The SMILES string of the molecule is CCNc1cc(C)ccc1C(=O)NN1CCN(C)CC1. The van der Waals surface area contributed by atoms with Crippen molar-refractivity contribution in [1.82, 2.24) is 15.3 Å². The van der Waals surface area contributed by atoms with Crippen molar-refractivity contribution in [3.8, 4) is 0 Å². The van der Waals surface area contributed by atoms with Gasteiger partial charge in [-0.1, -0.05) is 6.07 Å². The fourth-order valence-corrected chi connectivity index (χ4v) is 2.31. The number of hydrazine groups is 1. The summed E-state index contributed by atoms with van der Waals surface area (Å²) in [6.45, 7) is 8.56. The van der Waals surface area contributed by atoms with Gasteiger partial charge in [0, 0.05) is 38.4 Å². The molecule has 0 unspecified atom stereocenters. The molecule has 110 valence electrons. The fourth-order valence-electron chi connectivity index (χ4n) is 2.31. The second-order valence-corrected chi connectivity index (χ2v) is 5.31. The quantitative estimate of drug-likeness (QED) is 0.871. The number of amides is 1. The summed E-state index contributed by atoms with van der Waals surface area (Å²) in [7, 11) is 2.10. The van der Waals surface area contributed by atoms with Gasteiger partial charge in [-0.25, -0.2) is 5.01 Å². The van der Waals surface area contributed by atoms with Gasteiger partial charge in [-0.2, -0.15) is 0 Å². The molecule has 1 aromatic rings. The predicted molar refractivity (Wildman–Crippen MR) is 81.9 cm³/mol. The first kappa shape index (κ1) is 14.8. The van der Waals surface area contributed by atoms with Gasteiger partial charge in [0.2, 0.25) is 0 Å². The first-order chi connectivity index (χ1) is 9.60. The van der Waals surface area contributed by atoms with E-state index >= 15 is 0 Å². The molecule has 2 rings (SSSR count). The lowest BCUT2D eigenvalue weighted by atomic mass is 10.1.